The highest BCUT2D eigenvalue weighted by atomic mass is 16.1. The van der Waals surface area contributed by atoms with E-state index in [-0.39, 0.29) is 36.1 Å². The van der Waals surface area contributed by atoms with Crippen LogP contribution in [-0.2, 0) is 9.59 Å². The van der Waals surface area contributed by atoms with Gasteiger partial charge in [-0.05, 0) is 26.3 Å². The zero-order chi connectivity index (χ0) is 21.3. The maximum atomic E-state index is 12.0. The van der Waals surface area contributed by atoms with Crippen LogP contribution in [0.25, 0.3) is 0 Å². The number of hydrogen-bond donors (Lipinski definition) is 0. The van der Waals surface area contributed by atoms with Crippen molar-refractivity contribution in [1.29, 1.82) is 0 Å². The van der Waals surface area contributed by atoms with Gasteiger partial charge in [0.25, 0.3) is 0 Å². The van der Waals surface area contributed by atoms with Crippen molar-refractivity contribution in [2.24, 2.45) is 9.98 Å². The van der Waals surface area contributed by atoms with E-state index in [1.807, 2.05) is 21.9 Å². The van der Waals surface area contributed by atoms with Crippen molar-refractivity contribution in [3.63, 3.8) is 0 Å². The van der Waals surface area contributed by atoms with E-state index in [1.165, 1.54) is 0 Å². The van der Waals surface area contributed by atoms with E-state index < -0.39 is 0 Å². The molecule has 1 aromatic rings. The quantitative estimate of drug-likeness (QED) is 0.559. The standard InChI is InChI=1S/C23H25N5O2/c1-4-7-27(18-8-19(29)11-20(30)9-18)17-5-6-21-22(10-17)26-23(13-24-21)16-12-25-28(14-16)15(2)3/h1,5,10,12-15,18,21H,6-9,11H2,2-3H3. The number of aliphatic imine (C=N–C) groups is 2. The second-order valence-electron chi connectivity index (χ2n) is 8.18. The van der Waals surface area contributed by atoms with Crippen LogP contribution < -0.4 is 0 Å². The normalized spacial score (nSPS) is 21.7. The molecule has 0 bridgehead atoms. The molecule has 1 fully saturated rings. The third kappa shape index (κ3) is 4.04. The molecule has 154 valence electrons. The van der Waals surface area contributed by atoms with Crippen LogP contribution in [-0.4, -0.2) is 56.8 Å². The zero-order valence-electron chi connectivity index (χ0n) is 17.3. The van der Waals surface area contributed by atoms with Gasteiger partial charge in [0.2, 0.25) is 0 Å². The minimum Gasteiger partial charge on any atom is -0.357 e. The Balaban J connectivity index is 1.61. The SMILES string of the molecule is C#CCN(C1=CCC2N=CC(c3cnn(C(C)C)c3)=NC2=C1)C1CC(=O)CC(=O)C1. The highest BCUT2D eigenvalue weighted by molar-refractivity contribution is 6.38. The molecule has 0 aromatic carbocycles. The molecule has 0 N–H and O–H groups in total. The largest absolute Gasteiger partial charge is 0.357 e. The van der Waals surface area contributed by atoms with Crippen molar-refractivity contribution in [3.05, 3.63) is 41.5 Å². The van der Waals surface area contributed by atoms with Gasteiger partial charge in [-0.25, -0.2) is 4.99 Å². The van der Waals surface area contributed by atoms with Crippen LogP contribution in [0.4, 0.5) is 0 Å². The molecule has 1 saturated carbocycles. The van der Waals surface area contributed by atoms with Gasteiger partial charge < -0.3 is 4.90 Å². The van der Waals surface area contributed by atoms with Crippen LogP contribution >= 0.6 is 0 Å². The first-order chi connectivity index (χ1) is 14.4. The van der Waals surface area contributed by atoms with Gasteiger partial charge in [0.15, 0.2) is 0 Å². The maximum Gasteiger partial charge on any atom is 0.142 e. The smallest absolute Gasteiger partial charge is 0.142 e. The predicted octanol–water partition coefficient (Wildman–Crippen LogP) is 2.50. The van der Waals surface area contributed by atoms with Gasteiger partial charge in [-0.3, -0.25) is 19.3 Å². The Labute approximate surface area is 176 Å². The van der Waals surface area contributed by atoms with Crippen LogP contribution in [0.2, 0.25) is 0 Å². The summed E-state index contributed by atoms with van der Waals surface area (Å²) < 4.78 is 1.89. The van der Waals surface area contributed by atoms with Crippen molar-refractivity contribution in [2.45, 2.75) is 57.7 Å². The fourth-order valence-electron chi connectivity index (χ4n) is 4.04. The molecule has 2 heterocycles. The van der Waals surface area contributed by atoms with Crippen molar-refractivity contribution in [1.82, 2.24) is 14.7 Å². The minimum atomic E-state index is -0.200. The number of hydrogen-bond acceptors (Lipinski definition) is 6. The first-order valence-corrected chi connectivity index (χ1v) is 10.3. The van der Waals surface area contributed by atoms with Crippen molar-refractivity contribution >= 4 is 23.5 Å². The molecular weight excluding hydrogens is 378 g/mol. The van der Waals surface area contributed by atoms with E-state index in [1.54, 1.807) is 12.4 Å². The van der Waals surface area contributed by atoms with Crippen LogP contribution in [0, 0.1) is 12.3 Å². The summed E-state index contributed by atoms with van der Waals surface area (Å²) in [7, 11) is 0. The lowest BCUT2D eigenvalue weighted by molar-refractivity contribution is -0.131. The first-order valence-electron chi connectivity index (χ1n) is 10.3. The lowest BCUT2D eigenvalue weighted by Gasteiger charge is -2.36. The number of aromatic nitrogens is 2. The first kappa shape index (κ1) is 20.0. The molecule has 1 aromatic heterocycles. The summed E-state index contributed by atoms with van der Waals surface area (Å²) in [6, 6.07) is 0.0449. The molecule has 1 atom stereocenters. The van der Waals surface area contributed by atoms with Gasteiger partial charge in [-0.1, -0.05) is 12.0 Å². The molecule has 30 heavy (non-hydrogen) atoms. The Morgan fingerprint density at radius 1 is 1.30 bits per heavy atom. The molecule has 7 heteroatoms. The Morgan fingerprint density at radius 3 is 2.73 bits per heavy atom. The van der Waals surface area contributed by atoms with E-state index in [4.69, 9.17) is 11.4 Å². The van der Waals surface area contributed by atoms with Gasteiger partial charge in [0.1, 0.15) is 11.6 Å². The van der Waals surface area contributed by atoms with Crippen LogP contribution in [0.5, 0.6) is 0 Å². The molecule has 2 aliphatic carbocycles. The lowest BCUT2D eigenvalue weighted by atomic mass is 9.90. The molecule has 0 saturated heterocycles. The number of Topliss-reactive ketones (excluding diaryl/α,β-unsaturated/α-hetero) is 2. The Hall–Kier alpha value is -3.27. The number of nitrogens with zero attached hydrogens (tertiary/aromatic N) is 5. The van der Waals surface area contributed by atoms with E-state index in [2.05, 4.69) is 35.9 Å². The number of rotatable bonds is 5. The fraction of sp³-hybridized carbons (Fsp3) is 0.435. The highest BCUT2D eigenvalue weighted by Gasteiger charge is 2.32. The third-order valence-electron chi connectivity index (χ3n) is 5.60. The van der Waals surface area contributed by atoms with E-state index in [0.29, 0.717) is 25.8 Å². The summed E-state index contributed by atoms with van der Waals surface area (Å²) in [5.74, 6) is 2.62. The Bertz CT molecular complexity index is 1020. The molecule has 0 amide bonds. The average Bonchev–Trinajstić information content (AvgIpc) is 3.21. The molecule has 0 spiro atoms. The predicted molar refractivity (Wildman–Crippen MR) is 115 cm³/mol. The maximum absolute atomic E-state index is 12.0. The summed E-state index contributed by atoms with van der Waals surface area (Å²) in [5.41, 5.74) is 3.46. The zero-order valence-corrected chi connectivity index (χ0v) is 17.3. The summed E-state index contributed by atoms with van der Waals surface area (Å²) in [6.45, 7) is 4.49. The monoisotopic (exact) mass is 403 g/mol. The van der Waals surface area contributed by atoms with Gasteiger partial charge in [-0.2, -0.15) is 5.10 Å². The summed E-state index contributed by atoms with van der Waals surface area (Å²) in [5, 5.41) is 4.39. The third-order valence-corrected chi connectivity index (χ3v) is 5.60. The molecule has 3 aliphatic rings. The number of carbonyl (C=O) groups is 2. The Morgan fingerprint density at radius 2 is 2.07 bits per heavy atom. The van der Waals surface area contributed by atoms with Crippen LogP contribution in [0.15, 0.2) is 45.9 Å². The van der Waals surface area contributed by atoms with E-state index >= 15 is 0 Å². The number of ketones is 2. The minimum absolute atomic E-state index is 0.0232. The number of allylic oxidation sites excluding steroid dienone is 1. The van der Waals surface area contributed by atoms with Crippen molar-refractivity contribution in [2.75, 3.05) is 6.54 Å². The second kappa shape index (κ2) is 8.23. The van der Waals surface area contributed by atoms with Crippen molar-refractivity contribution < 1.29 is 9.59 Å². The van der Waals surface area contributed by atoms with Gasteiger partial charge in [0.05, 0.1) is 36.6 Å². The molecular formula is C23H25N5O2. The van der Waals surface area contributed by atoms with Gasteiger partial charge >= 0.3 is 0 Å². The Kier molecular flexibility index (Phi) is 5.49. The van der Waals surface area contributed by atoms with Crippen LogP contribution in [0.3, 0.4) is 0 Å². The molecule has 7 nitrogen and oxygen atoms in total. The molecule has 0 radical (unpaired) electrons. The lowest BCUT2D eigenvalue weighted by Crippen LogP contribution is -2.41. The summed E-state index contributed by atoms with van der Waals surface area (Å²) >= 11 is 0. The molecule has 1 unspecified atom stereocenters. The van der Waals surface area contributed by atoms with Gasteiger partial charge in [-0.15, -0.1) is 6.42 Å². The van der Waals surface area contributed by atoms with E-state index in [0.717, 1.165) is 22.7 Å². The average molecular weight is 403 g/mol. The van der Waals surface area contributed by atoms with Gasteiger partial charge in [0, 0.05) is 48.6 Å². The highest BCUT2D eigenvalue weighted by Crippen LogP contribution is 2.30. The molecule has 1 aliphatic heterocycles. The molecule has 4 rings (SSSR count). The number of terminal acetylenes is 1. The fourth-order valence-corrected chi connectivity index (χ4v) is 4.04. The number of carbonyl (C=O) groups excluding carboxylic acids is 2. The van der Waals surface area contributed by atoms with Crippen molar-refractivity contribution in [3.8, 4) is 12.3 Å². The van der Waals surface area contributed by atoms with Crippen LogP contribution in [0.1, 0.15) is 51.1 Å². The summed E-state index contributed by atoms with van der Waals surface area (Å²) in [6.07, 6.45) is 16.7. The van der Waals surface area contributed by atoms with E-state index in [9.17, 15) is 9.59 Å². The second-order valence-corrected chi connectivity index (χ2v) is 8.18. The summed E-state index contributed by atoms with van der Waals surface area (Å²) in [4.78, 5) is 35.4. The number of fused-ring (bicyclic) bond motifs is 1. The topological polar surface area (TPSA) is 79.9 Å².